The molecule has 0 radical (unpaired) electrons. The van der Waals surface area contributed by atoms with Crippen molar-refractivity contribution in [3.05, 3.63) is 23.3 Å². The van der Waals surface area contributed by atoms with Crippen LogP contribution < -0.4 is 0 Å². The van der Waals surface area contributed by atoms with E-state index in [2.05, 4.69) is 34.6 Å². The van der Waals surface area contributed by atoms with Crippen LogP contribution >= 0.6 is 0 Å². The molecular formula is C34H47NO6. The summed E-state index contributed by atoms with van der Waals surface area (Å²) in [4.78, 5) is 53.5. The zero-order valence-electron chi connectivity index (χ0n) is 26.4. The topological polar surface area (TPSA) is 111 Å². The van der Waals surface area contributed by atoms with Crippen molar-refractivity contribution in [2.75, 3.05) is 14.2 Å². The van der Waals surface area contributed by atoms with Gasteiger partial charge < -0.3 is 9.47 Å². The molecule has 4 rings (SSSR count). The number of ketones is 2. The van der Waals surface area contributed by atoms with Crippen LogP contribution in [0.4, 0.5) is 0 Å². The Labute approximate surface area is 245 Å². The lowest BCUT2D eigenvalue weighted by Crippen LogP contribution is -2.60. The number of methoxy groups -OCH3 is 2. The molecule has 7 atom stereocenters. The summed E-state index contributed by atoms with van der Waals surface area (Å²) in [6, 6.07) is 2.03. The van der Waals surface area contributed by atoms with E-state index in [0.29, 0.717) is 32.1 Å². The van der Waals surface area contributed by atoms with Crippen LogP contribution in [0.3, 0.4) is 0 Å². The molecule has 0 spiro atoms. The maximum Gasteiger partial charge on any atom is 0.319 e. The number of hydrogen-bond acceptors (Lipinski definition) is 7. The molecule has 0 N–H and O–H groups in total. The summed E-state index contributed by atoms with van der Waals surface area (Å²) in [7, 11) is 2.73. The van der Waals surface area contributed by atoms with Crippen molar-refractivity contribution < 1.29 is 28.7 Å². The van der Waals surface area contributed by atoms with Crippen molar-refractivity contribution >= 4 is 23.5 Å². The fraction of sp³-hybridized carbons (Fsp3) is 0.735. The molecule has 0 aromatic carbocycles. The summed E-state index contributed by atoms with van der Waals surface area (Å²) in [6.45, 7) is 14.6. The third-order valence-corrected chi connectivity index (χ3v) is 12.4. The molecule has 41 heavy (non-hydrogen) atoms. The van der Waals surface area contributed by atoms with Gasteiger partial charge in [0.25, 0.3) is 0 Å². The van der Waals surface area contributed by atoms with Crippen molar-refractivity contribution in [1.29, 1.82) is 5.26 Å². The standard InChI is InChI=1S/C34H47NO6/c1-21-17-29(2,3)12-14-34(21,28(39)41-9)15-13-30(4)19-23(36)16-25-31(5)18-22(20-35)26(37)33(7,27(38)40-8)24(31)10-11-32(25,30)6/h16,18,21,24H,10-15,17,19H2,1-9H3/t21?,24-,30-,31+,32-,33-,34+/m1/s1. The van der Waals surface area contributed by atoms with Gasteiger partial charge in [-0.15, -0.1) is 0 Å². The van der Waals surface area contributed by atoms with Crippen molar-refractivity contribution in [2.45, 2.75) is 99.8 Å². The van der Waals surface area contributed by atoms with E-state index in [-0.39, 0.29) is 28.7 Å². The molecule has 7 heteroatoms. The van der Waals surface area contributed by atoms with Crippen LogP contribution in [0.2, 0.25) is 0 Å². The van der Waals surface area contributed by atoms with Crippen LogP contribution in [0.15, 0.2) is 23.3 Å². The van der Waals surface area contributed by atoms with Crippen LogP contribution in [-0.4, -0.2) is 37.7 Å². The quantitative estimate of drug-likeness (QED) is 0.284. The van der Waals surface area contributed by atoms with Crippen LogP contribution in [0.25, 0.3) is 0 Å². The van der Waals surface area contributed by atoms with E-state index in [4.69, 9.17) is 9.47 Å². The number of hydrogen-bond donors (Lipinski definition) is 0. The number of nitrogens with zero attached hydrogens (tertiary/aromatic N) is 1. The second-order valence-electron chi connectivity index (χ2n) is 15.1. The fourth-order valence-electron chi connectivity index (χ4n) is 9.56. The monoisotopic (exact) mass is 565 g/mol. The zero-order valence-corrected chi connectivity index (χ0v) is 26.4. The molecule has 0 aromatic rings. The molecule has 0 heterocycles. The average molecular weight is 566 g/mol. The summed E-state index contributed by atoms with van der Waals surface area (Å²) in [5.74, 6) is -1.65. The average Bonchev–Trinajstić information content (AvgIpc) is 2.90. The summed E-state index contributed by atoms with van der Waals surface area (Å²) in [6.07, 6.45) is 8.92. The highest BCUT2D eigenvalue weighted by atomic mass is 16.5. The van der Waals surface area contributed by atoms with Crippen molar-refractivity contribution in [2.24, 2.45) is 44.3 Å². The number of fused-ring (bicyclic) bond motifs is 3. The predicted octanol–water partition coefficient (Wildman–Crippen LogP) is 6.31. The first-order valence-corrected chi connectivity index (χ1v) is 15.0. The number of rotatable bonds is 5. The van der Waals surface area contributed by atoms with Gasteiger partial charge in [-0.2, -0.15) is 5.26 Å². The minimum Gasteiger partial charge on any atom is -0.469 e. The van der Waals surface area contributed by atoms with Crippen molar-refractivity contribution in [1.82, 2.24) is 0 Å². The number of Topliss-reactive ketones (excluding diaryl/α,β-unsaturated/α-hetero) is 1. The van der Waals surface area contributed by atoms with E-state index in [1.54, 1.807) is 19.1 Å². The molecule has 4 aliphatic rings. The van der Waals surface area contributed by atoms with E-state index in [1.165, 1.54) is 14.2 Å². The first kappa shape index (κ1) is 31.2. The van der Waals surface area contributed by atoms with Gasteiger partial charge in [0.2, 0.25) is 0 Å². The molecule has 224 valence electrons. The Morgan fingerprint density at radius 1 is 0.976 bits per heavy atom. The molecule has 7 nitrogen and oxygen atoms in total. The molecule has 4 aliphatic carbocycles. The third kappa shape index (κ3) is 4.34. The van der Waals surface area contributed by atoms with E-state index in [0.717, 1.165) is 24.8 Å². The Bertz CT molecular complexity index is 1290. The predicted molar refractivity (Wildman–Crippen MR) is 154 cm³/mol. The molecule has 0 bridgehead atoms. The largest absolute Gasteiger partial charge is 0.469 e. The Balaban J connectivity index is 1.79. The van der Waals surface area contributed by atoms with E-state index < -0.39 is 44.7 Å². The lowest BCUT2D eigenvalue weighted by molar-refractivity contribution is -0.165. The van der Waals surface area contributed by atoms with Gasteiger partial charge in [-0.25, -0.2) is 0 Å². The van der Waals surface area contributed by atoms with E-state index >= 15 is 0 Å². The zero-order chi connectivity index (χ0) is 30.8. The smallest absolute Gasteiger partial charge is 0.319 e. The summed E-state index contributed by atoms with van der Waals surface area (Å²) in [5, 5.41) is 9.94. The van der Waals surface area contributed by atoms with Crippen LogP contribution in [0.1, 0.15) is 99.8 Å². The van der Waals surface area contributed by atoms with E-state index in [9.17, 15) is 24.4 Å². The molecule has 0 aromatic heterocycles. The lowest BCUT2D eigenvalue weighted by atomic mass is 9.40. The highest BCUT2D eigenvalue weighted by Gasteiger charge is 2.67. The maximum atomic E-state index is 13.5. The number of ether oxygens (including phenoxy) is 2. The molecule has 2 saturated carbocycles. The number of allylic oxidation sites excluding steroid dienone is 4. The summed E-state index contributed by atoms with van der Waals surface area (Å²) >= 11 is 0. The van der Waals surface area contributed by atoms with Crippen molar-refractivity contribution in [3.63, 3.8) is 0 Å². The molecule has 0 amide bonds. The van der Waals surface area contributed by atoms with Gasteiger partial charge in [0.1, 0.15) is 11.5 Å². The Kier molecular flexibility index (Phi) is 7.55. The Morgan fingerprint density at radius 3 is 2.17 bits per heavy atom. The summed E-state index contributed by atoms with van der Waals surface area (Å²) < 4.78 is 10.5. The van der Waals surface area contributed by atoms with Gasteiger partial charge in [-0.3, -0.25) is 19.2 Å². The second kappa shape index (κ2) is 9.92. The minimum absolute atomic E-state index is 0.00428. The molecular weight excluding hydrogens is 518 g/mol. The van der Waals surface area contributed by atoms with Gasteiger partial charge in [0.05, 0.1) is 25.2 Å². The summed E-state index contributed by atoms with van der Waals surface area (Å²) in [5.41, 5.74) is -2.95. The number of carbonyl (C=O) groups excluding carboxylic acids is 4. The van der Waals surface area contributed by atoms with Gasteiger partial charge in [0.15, 0.2) is 11.6 Å². The fourth-order valence-corrected chi connectivity index (χ4v) is 9.56. The van der Waals surface area contributed by atoms with Gasteiger partial charge >= 0.3 is 11.9 Å². The number of nitriles is 1. The Morgan fingerprint density at radius 2 is 1.61 bits per heavy atom. The molecule has 0 aliphatic heterocycles. The molecule has 0 saturated heterocycles. The first-order chi connectivity index (χ1) is 18.9. The van der Waals surface area contributed by atoms with Gasteiger partial charge in [-0.05, 0) is 86.0 Å². The van der Waals surface area contributed by atoms with Crippen LogP contribution in [-0.2, 0) is 28.7 Å². The lowest BCUT2D eigenvalue weighted by Gasteiger charge is -2.63. The highest BCUT2D eigenvalue weighted by Crippen LogP contribution is 2.69. The molecule has 2 fully saturated rings. The SMILES string of the molecule is COC(=O)[C@]1(CC[C@]2(C)CC(=O)C=C3[C@@]4(C)C=C(C#N)C(=O)[C@](C)(C(=O)OC)[C@@H]4CC[C@]32C)CCC(C)(C)CC1C. The number of carbonyl (C=O) groups is 4. The highest BCUT2D eigenvalue weighted by molar-refractivity contribution is 6.15. The third-order valence-electron chi connectivity index (χ3n) is 12.4. The number of esters is 2. The Hall–Kier alpha value is -2.75. The second-order valence-corrected chi connectivity index (χ2v) is 15.1. The molecule has 1 unspecified atom stereocenters. The van der Waals surface area contributed by atoms with Crippen LogP contribution in [0, 0.1) is 55.7 Å². The van der Waals surface area contributed by atoms with Gasteiger partial charge in [0, 0.05) is 11.8 Å². The van der Waals surface area contributed by atoms with Crippen LogP contribution in [0.5, 0.6) is 0 Å². The maximum absolute atomic E-state index is 13.5. The van der Waals surface area contributed by atoms with Gasteiger partial charge in [-0.1, -0.05) is 53.2 Å². The van der Waals surface area contributed by atoms with Crippen molar-refractivity contribution in [3.8, 4) is 6.07 Å². The minimum atomic E-state index is -1.53. The van der Waals surface area contributed by atoms with E-state index in [1.807, 2.05) is 13.0 Å². The first-order valence-electron chi connectivity index (χ1n) is 15.0. The normalized spacial score (nSPS) is 41.7.